The van der Waals surface area contributed by atoms with Gasteiger partial charge < -0.3 is 16.2 Å². The van der Waals surface area contributed by atoms with Gasteiger partial charge in [-0.1, -0.05) is 5.21 Å². The molecule has 0 atom stereocenters. The molecule has 7 nitrogen and oxygen atoms in total. The molecule has 1 heterocycles. The fourth-order valence-corrected chi connectivity index (χ4v) is 1.57. The first-order valence-electron chi connectivity index (χ1n) is 5.64. The number of carbonyl (C=O) groups is 1. The Morgan fingerprint density at radius 3 is 2.94 bits per heavy atom. The molecule has 1 aliphatic rings. The average molecular weight is 239 g/mol. The van der Waals surface area contributed by atoms with Crippen LogP contribution in [-0.2, 0) is 17.9 Å². The van der Waals surface area contributed by atoms with E-state index in [0.717, 1.165) is 12.8 Å². The summed E-state index contributed by atoms with van der Waals surface area (Å²) in [5.74, 6) is -0.127. The Labute approximate surface area is 99.0 Å². The van der Waals surface area contributed by atoms with Crippen molar-refractivity contribution in [3.8, 4) is 0 Å². The van der Waals surface area contributed by atoms with Crippen LogP contribution < -0.4 is 11.1 Å². The summed E-state index contributed by atoms with van der Waals surface area (Å²) in [6, 6.07) is 0. The molecule has 0 spiro atoms. The van der Waals surface area contributed by atoms with Crippen LogP contribution in [0.3, 0.4) is 0 Å². The lowest BCUT2D eigenvalue weighted by Crippen LogP contribution is -2.34. The molecule has 7 heteroatoms. The van der Waals surface area contributed by atoms with Crippen LogP contribution in [0.2, 0.25) is 0 Å². The molecule has 17 heavy (non-hydrogen) atoms. The molecule has 0 aromatic carbocycles. The molecule has 2 rings (SSSR count). The third-order valence-corrected chi connectivity index (χ3v) is 3.05. The van der Waals surface area contributed by atoms with E-state index in [0.29, 0.717) is 18.8 Å². The fourth-order valence-electron chi connectivity index (χ4n) is 1.57. The molecule has 1 aromatic heterocycles. The Hall–Kier alpha value is -1.47. The zero-order chi connectivity index (χ0) is 12.3. The van der Waals surface area contributed by atoms with Gasteiger partial charge in [0, 0.05) is 18.5 Å². The SMILES string of the molecule is NCc1cn(CC(=O)NCC2(CO)CC2)nn1. The van der Waals surface area contributed by atoms with Crippen molar-refractivity contribution in [1.29, 1.82) is 0 Å². The maximum absolute atomic E-state index is 11.6. The predicted molar refractivity (Wildman–Crippen MR) is 59.7 cm³/mol. The Morgan fingerprint density at radius 2 is 2.41 bits per heavy atom. The number of aromatic nitrogens is 3. The van der Waals surface area contributed by atoms with Crippen LogP contribution in [0.1, 0.15) is 18.5 Å². The molecule has 0 radical (unpaired) electrons. The van der Waals surface area contributed by atoms with Crippen LogP contribution in [-0.4, -0.2) is 39.2 Å². The second kappa shape index (κ2) is 4.80. The van der Waals surface area contributed by atoms with Crippen LogP contribution in [0.15, 0.2) is 6.20 Å². The van der Waals surface area contributed by atoms with E-state index >= 15 is 0 Å². The maximum atomic E-state index is 11.6. The molecule has 0 aliphatic heterocycles. The number of nitrogens with one attached hydrogen (secondary N) is 1. The number of carbonyl (C=O) groups excluding carboxylic acids is 1. The van der Waals surface area contributed by atoms with E-state index in [1.807, 2.05) is 0 Å². The second-order valence-electron chi connectivity index (χ2n) is 4.55. The highest BCUT2D eigenvalue weighted by molar-refractivity contribution is 5.75. The Balaban J connectivity index is 1.77. The van der Waals surface area contributed by atoms with Crippen molar-refractivity contribution in [3.05, 3.63) is 11.9 Å². The summed E-state index contributed by atoms with van der Waals surface area (Å²) in [7, 11) is 0. The van der Waals surface area contributed by atoms with Gasteiger partial charge >= 0.3 is 0 Å². The van der Waals surface area contributed by atoms with E-state index in [1.165, 1.54) is 4.68 Å². The molecule has 4 N–H and O–H groups in total. The fraction of sp³-hybridized carbons (Fsp3) is 0.700. The van der Waals surface area contributed by atoms with Gasteiger partial charge in [0.25, 0.3) is 0 Å². The van der Waals surface area contributed by atoms with Crippen molar-refractivity contribution in [2.45, 2.75) is 25.9 Å². The summed E-state index contributed by atoms with van der Waals surface area (Å²) >= 11 is 0. The largest absolute Gasteiger partial charge is 0.396 e. The van der Waals surface area contributed by atoms with E-state index in [4.69, 9.17) is 10.8 Å². The van der Waals surface area contributed by atoms with Gasteiger partial charge in [0.2, 0.25) is 5.91 Å². The second-order valence-corrected chi connectivity index (χ2v) is 4.55. The van der Waals surface area contributed by atoms with Crippen LogP contribution >= 0.6 is 0 Å². The number of hydrogen-bond acceptors (Lipinski definition) is 5. The van der Waals surface area contributed by atoms with Gasteiger partial charge in [-0.3, -0.25) is 4.79 Å². The molecule has 1 aliphatic carbocycles. The molecule has 1 aromatic rings. The number of aliphatic hydroxyl groups excluding tert-OH is 1. The van der Waals surface area contributed by atoms with Crippen LogP contribution in [0.5, 0.6) is 0 Å². The van der Waals surface area contributed by atoms with Crippen LogP contribution in [0, 0.1) is 5.41 Å². The van der Waals surface area contributed by atoms with E-state index in [-0.39, 0.29) is 24.5 Å². The van der Waals surface area contributed by atoms with Crippen molar-refractivity contribution in [2.75, 3.05) is 13.2 Å². The van der Waals surface area contributed by atoms with E-state index in [9.17, 15) is 4.79 Å². The van der Waals surface area contributed by atoms with Crippen LogP contribution in [0.25, 0.3) is 0 Å². The molecule has 0 unspecified atom stereocenters. The summed E-state index contributed by atoms with van der Waals surface area (Å²) in [6.45, 7) is 1.11. The van der Waals surface area contributed by atoms with Gasteiger partial charge in [0.1, 0.15) is 6.54 Å². The van der Waals surface area contributed by atoms with Gasteiger partial charge in [0.05, 0.1) is 18.5 Å². The zero-order valence-electron chi connectivity index (χ0n) is 9.59. The first-order valence-corrected chi connectivity index (χ1v) is 5.64. The van der Waals surface area contributed by atoms with Crippen LogP contribution in [0.4, 0.5) is 0 Å². The lowest BCUT2D eigenvalue weighted by molar-refractivity contribution is -0.122. The molecule has 0 saturated heterocycles. The smallest absolute Gasteiger partial charge is 0.241 e. The minimum atomic E-state index is -0.127. The maximum Gasteiger partial charge on any atom is 0.241 e. The summed E-state index contributed by atoms with van der Waals surface area (Å²) in [5, 5.41) is 19.5. The van der Waals surface area contributed by atoms with Crippen molar-refractivity contribution in [1.82, 2.24) is 20.3 Å². The van der Waals surface area contributed by atoms with Gasteiger partial charge in [-0.05, 0) is 12.8 Å². The van der Waals surface area contributed by atoms with E-state index in [1.54, 1.807) is 6.20 Å². The van der Waals surface area contributed by atoms with Gasteiger partial charge in [-0.15, -0.1) is 5.10 Å². The molecule has 1 amide bonds. The summed E-state index contributed by atoms with van der Waals surface area (Å²) < 4.78 is 1.45. The Kier molecular flexibility index (Phi) is 3.39. The first kappa shape index (κ1) is 12.0. The first-order chi connectivity index (χ1) is 8.17. The summed E-state index contributed by atoms with van der Waals surface area (Å²) in [6.07, 6.45) is 3.60. The number of rotatable bonds is 6. The molecule has 0 bridgehead atoms. The van der Waals surface area contributed by atoms with Crippen molar-refractivity contribution in [3.63, 3.8) is 0 Å². The predicted octanol–water partition coefficient (Wildman–Crippen LogP) is -1.37. The van der Waals surface area contributed by atoms with Crippen molar-refractivity contribution in [2.24, 2.45) is 11.1 Å². The minimum absolute atomic E-state index is 0.0690. The highest BCUT2D eigenvalue weighted by atomic mass is 16.3. The van der Waals surface area contributed by atoms with Crippen molar-refractivity contribution < 1.29 is 9.90 Å². The molecule has 1 saturated carbocycles. The quantitative estimate of drug-likeness (QED) is 0.567. The Bertz CT molecular complexity index is 399. The summed E-state index contributed by atoms with van der Waals surface area (Å²) in [4.78, 5) is 11.6. The number of nitrogens with two attached hydrogens (primary N) is 1. The normalized spacial score (nSPS) is 16.8. The number of aliphatic hydroxyl groups is 1. The number of amides is 1. The minimum Gasteiger partial charge on any atom is -0.396 e. The highest BCUT2D eigenvalue weighted by Gasteiger charge is 2.41. The average Bonchev–Trinajstić information content (AvgIpc) is 2.99. The number of nitrogens with zero attached hydrogens (tertiary/aromatic N) is 3. The zero-order valence-corrected chi connectivity index (χ0v) is 9.59. The standard InChI is InChI=1S/C10H17N5O2/c11-3-8-4-15(14-13-8)5-9(17)12-6-10(7-16)1-2-10/h4,16H,1-3,5-7,11H2,(H,12,17). The van der Waals surface area contributed by atoms with E-state index in [2.05, 4.69) is 15.6 Å². The third-order valence-electron chi connectivity index (χ3n) is 3.05. The summed E-state index contributed by atoms with van der Waals surface area (Å²) in [5.41, 5.74) is 5.98. The van der Waals surface area contributed by atoms with Gasteiger partial charge in [0.15, 0.2) is 0 Å². The third kappa shape index (κ3) is 3.01. The highest BCUT2D eigenvalue weighted by Crippen LogP contribution is 2.44. The molecule has 94 valence electrons. The topological polar surface area (TPSA) is 106 Å². The van der Waals surface area contributed by atoms with E-state index < -0.39 is 0 Å². The molecule has 1 fully saturated rings. The lowest BCUT2D eigenvalue weighted by Gasteiger charge is -2.12. The lowest BCUT2D eigenvalue weighted by atomic mass is 10.1. The monoisotopic (exact) mass is 239 g/mol. The molecular weight excluding hydrogens is 222 g/mol. The number of hydrogen-bond donors (Lipinski definition) is 3. The van der Waals surface area contributed by atoms with Gasteiger partial charge in [-0.2, -0.15) is 0 Å². The van der Waals surface area contributed by atoms with Crippen molar-refractivity contribution >= 4 is 5.91 Å². The molecular formula is C10H17N5O2. The Morgan fingerprint density at radius 1 is 1.65 bits per heavy atom. The van der Waals surface area contributed by atoms with Gasteiger partial charge in [-0.25, -0.2) is 4.68 Å².